The van der Waals surface area contributed by atoms with Crippen LogP contribution in [-0.4, -0.2) is 70.2 Å². The second kappa shape index (κ2) is 15.0. The maximum atomic E-state index is 13.0. The smallest absolute Gasteiger partial charge is 0.311 e. The Hall–Kier alpha value is -1.72. The second-order valence-corrected chi connectivity index (χ2v) is 12.9. The van der Waals surface area contributed by atoms with Crippen molar-refractivity contribution in [2.45, 2.75) is 91.2 Å². The fourth-order valence-corrected chi connectivity index (χ4v) is 6.26. The van der Waals surface area contributed by atoms with E-state index < -0.39 is 50.0 Å². The molecule has 1 saturated carbocycles. The third-order valence-electron chi connectivity index (χ3n) is 7.07. The van der Waals surface area contributed by atoms with Gasteiger partial charge >= 0.3 is 17.9 Å². The van der Waals surface area contributed by atoms with Crippen molar-refractivity contribution in [2.24, 2.45) is 22.7 Å². The van der Waals surface area contributed by atoms with Crippen molar-refractivity contribution < 1.29 is 46.3 Å². The summed E-state index contributed by atoms with van der Waals surface area (Å²) in [5.41, 5.74) is -2.24. The van der Waals surface area contributed by atoms with Crippen molar-refractivity contribution in [1.82, 2.24) is 0 Å². The van der Waals surface area contributed by atoms with Crippen molar-refractivity contribution in [2.75, 3.05) is 33.5 Å². The van der Waals surface area contributed by atoms with E-state index in [1.165, 1.54) is 7.11 Å². The number of hydrogen-bond acceptors (Lipinski definition) is 10. The van der Waals surface area contributed by atoms with E-state index in [1.807, 2.05) is 0 Å². The molecule has 0 aliphatic heterocycles. The van der Waals surface area contributed by atoms with E-state index in [-0.39, 0.29) is 45.7 Å². The van der Waals surface area contributed by atoms with E-state index in [4.69, 9.17) is 23.5 Å². The van der Waals surface area contributed by atoms with Gasteiger partial charge in [0.15, 0.2) is 0 Å². The molecule has 2 atom stereocenters. The number of carbonyl (C=O) groups excluding carboxylic acids is 3. The van der Waals surface area contributed by atoms with Crippen LogP contribution in [0.15, 0.2) is 0 Å². The van der Waals surface area contributed by atoms with Gasteiger partial charge in [-0.25, -0.2) is 0 Å². The van der Waals surface area contributed by atoms with Crippen LogP contribution in [0.1, 0.15) is 86.0 Å². The molecule has 0 aromatic carbocycles. The van der Waals surface area contributed by atoms with Gasteiger partial charge in [0.05, 0.1) is 35.7 Å². The summed E-state index contributed by atoms with van der Waals surface area (Å²) in [4.78, 5) is 38.2. The highest BCUT2D eigenvalue weighted by molar-refractivity contribution is 7.87. The van der Waals surface area contributed by atoms with Gasteiger partial charge < -0.3 is 19.3 Å². The summed E-state index contributed by atoms with van der Waals surface area (Å²) in [5, 5.41) is 8.48. The molecular formula is C26H46O10S. The van der Waals surface area contributed by atoms with Crippen LogP contribution in [0.2, 0.25) is 0 Å². The number of carbonyl (C=O) groups is 3. The third kappa shape index (κ3) is 10.5. The minimum Gasteiger partial charge on any atom is -0.469 e. The maximum Gasteiger partial charge on any atom is 0.311 e. The molecule has 0 saturated heterocycles. The molecule has 0 aromatic rings. The number of methoxy groups -OCH3 is 1. The lowest BCUT2D eigenvalue weighted by molar-refractivity contribution is -0.164. The van der Waals surface area contributed by atoms with Crippen molar-refractivity contribution in [3.05, 3.63) is 0 Å². The number of esters is 3. The van der Waals surface area contributed by atoms with Gasteiger partial charge in [-0.15, -0.1) is 0 Å². The Labute approximate surface area is 221 Å². The normalized spacial score (nSPS) is 20.9. The molecule has 0 amide bonds. The average Bonchev–Trinajstić information content (AvgIpc) is 2.84. The molecule has 37 heavy (non-hydrogen) atoms. The van der Waals surface area contributed by atoms with Crippen LogP contribution >= 0.6 is 0 Å². The van der Waals surface area contributed by atoms with Gasteiger partial charge in [-0.1, -0.05) is 13.8 Å². The maximum absolute atomic E-state index is 13.0. The van der Waals surface area contributed by atoms with Crippen LogP contribution in [0, 0.1) is 22.7 Å². The van der Waals surface area contributed by atoms with Crippen molar-refractivity contribution in [3.8, 4) is 0 Å². The summed E-state index contributed by atoms with van der Waals surface area (Å²) in [6, 6.07) is 0. The SMILES string of the molecule is CCC(CC(C)(CC(C)(C)C(=O)OC)C(=O)OCCCO)C(=O)OCCOS(=O)(=O)C1CCC(C)CC1. The predicted octanol–water partition coefficient (Wildman–Crippen LogP) is 3.39. The zero-order chi connectivity index (χ0) is 28.3. The van der Waals surface area contributed by atoms with Gasteiger partial charge in [0, 0.05) is 13.0 Å². The largest absolute Gasteiger partial charge is 0.469 e. The quantitative estimate of drug-likeness (QED) is 0.131. The Bertz CT molecular complexity index is 845. The highest BCUT2D eigenvalue weighted by Crippen LogP contribution is 2.41. The Balaban J connectivity index is 2.80. The van der Waals surface area contributed by atoms with Gasteiger partial charge in [-0.05, 0) is 71.6 Å². The first-order valence-electron chi connectivity index (χ1n) is 13.1. The standard InChI is InChI=1S/C26H46O10S/c1-7-20(22(28)34-15-16-36-37(31,32)21-11-9-19(2)10-12-21)17-26(5,24(30)35-14-8-13-27)18-25(3,4)23(29)33-6/h19-21,27H,7-18H2,1-6H3. The summed E-state index contributed by atoms with van der Waals surface area (Å²) in [7, 11) is -2.46. The van der Waals surface area contributed by atoms with Crippen LogP contribution in [0.5, 0.6) is 0 Å². The zero-order valence-electron chi connectivity index (χ0n) is 23.2. The summed E-state index contributed by atoms with van der Waals surface area (Å²) in [6.45, 7) is 8.19. The first-order chi connectivity index (χ1) is 17.2. The molecule has 0 spiro atoms. The highest BCUT2D eigenvalue weighted by Gasteiger charge is 2.46. The minimum absolute atomic E-state index is 0.0104. The van der Waals surface area contributed by atoms with Crippen molar-refractivity contribution in [3.63, 3.8) is 0 Å². The highest BCUT2D eigenvalue weighted by atomic mass is 32.2. The van der Waals surface area contributed by atoms with Crippen LogP contribution in [0.4, 0.5) is 0 Å². The molecule has 2 unspecified atom stereocenters. The summed E-state index contributed by atoms with van der Waals surface area (Å²) >= 11 is 0. The van der Waals surface area contributed by atoms with Crippen LogP contribution in [0.25, 0.3) is 0 Å². The Kier molecular flexibility index (Phi) is 13.5. The van der Waals surface area contributed by atoms with Gasteiger partial charge in [-0.2, -0.15) is 8.42 Å². The lowest BCUT2D eigenvalue weighted by atomic mass is 9.69. The second-order valence-electron chi connectivity index (χ2n) is 11.0. The molecule has 1 aliphatic carbocycles. The Morgan fingerprint density at radius 2 is 1.59 bits per heavy atom. The third-order valence-corrected chi connectivity index (χ3v) is 8.85. The number of hydrogen-bond donors (Lipinski definition) is 1. The minimum atomic E-state index is -3.73. The number of ether oxygens (including phenoxy) is 3. The molecule has 0 aromatic heterocycles. The molecule has 1 aliphatic rings. The molecule has 1 rings (SSSR count). The predicted molar refractivity (Wildman–Crippen MR) is 137 cm³/mol. The molecule has 11 heteroatoms. The summed E-state index contributed by atoms with van der Waals surface area (Å²) < 4.78 is 45.5. The van der Waals surface area contributed by atoms with E-state index in [2.05, 4.69) is 6.92 Å². The van der Waals surface area contributed by atoms with Crippen LogP contribution < -0.4 is 0 Å². The number of aliphatic hydroxyl groups excluding tert-OH is 1. The van der Waals surface area contributed by atoms with Crippen LogP contribution in [-0.2, 0) is 42.9 Å². The molecule has 10 nitrogen and oxygen atoms in total. The fraction of sp³-hybridized carbons (Fsp3) is 0.885. The van der Waals surface area contributed by atoms with E-state index in [1.54, 1.807) is 27.7 Å². The van der Waals surface area contributed by atoms with Gasteiger partial charge in [0.2, 0.25) is 0 Å². The van der Waals surface area contributed by atoms with Crippen LogP contribution in [0.3, 0.4) is 0 Å². The monoisotopic (exact) mass is 550 g/mol. The van der Waals surface area contributed by atoms with Gasteiger partial charge in [0.1, 0.15) is 13.2 Å². The number of rotatable bonds is 16. The van der Waals surface area contributed by atoms with Crippen molar-refractivity contribution >= 4 is 28.0 Å². The Morgan fingerprint density at radius 1 is 0.973 bits per heavy atom. The topological polar surface area (TPSA) is 142 Å². The molecule has 0 heterocycles. The fourth-order valence-electron chi connectivity index (χ4n) is 4.92. The van der Waals surface area contributed by atoms with E-state index in [0.717, 1.165) is 12.8 Å². The molecule has 1 fully saturated rings. The van der Waals surface area contributed by atoms with Gasteiger partial charge in [0.25, 0.3) is 10.1 Å². The van der Waals surface area contributed by atoms with Gasteiger partial charge in [-0.3, -0.25) is 18.6 Å². The first kappa shape index (κ1) is 33.3. The molecule has 1 N–H and O–H groups in total. The molecule has 0 radical (unpaired) electrons. The molecular weight excluding hydrogens is 504 g/mol. The summed E-state index contributed by atoms with van der Waals surface area (Å²) in [5.74, 6) is -1.85. The average molecular weight is 551 g/mol. The number of aliphatic hydroxyl groups is 1. The van der Waals surface area contributed by atoms with E-state index in [0.29, 0.717) is 25.2 Å². The molecule has 216 valence electrons. The van der Waals surface area contributed by atoms with E-state index >= 15 is 0 Å². The van der Waals surface area contributed by atoms with Crippen molar-refractivity contribution in [1.29, 1.82) is 0 Å². The lowest BCUT2D eigenvalue weighted by Gasteiger charge is -2.35. The van der Waals surface area contributed by atoms with E-state index in [9.17, 15) is 22.8 Å². The first-order valence-corrected chi connectivity index (χ1v) is 14.6. The zero-order valence-corrected chi connectivity index (χ0v) is 24.1. The Morgan fingerprint density at radius 3 is 2.14 bits per heavy atom. The lowest BCUT2D eigenvalue weighted by Crippen LogP contribution is -2.41. The molecule has 0 bridgehead atoms. The summed E-state index contributed by atoms with van der Waals surface area (Å²) in [6.07, 6.45) is 3.56.